The van der Waals surface area contributed by atoms with Gasteiger partial charge in [-0.2, -0.15) is 0 Å². The predicted molar refractivity (Wildman–Crippen MR) is 60.9 cm³/mol. The van der Waals surface area contributed by atoms with Gasteiger partial charge in [0.1, 0.15) is 5.78 Å². The van der Waals surface area contributed by atoms with Gasteiger partial charge in [-0.05, 0) is 18.4 Å². The summed E-state index contributed by atoms with van der Waals surface area (Å²) in [4.78, 5) is 11.4. The highest BCUT2D eigenvalue weighted by Crippen LogP contribution is 2.21. The topological polar surface area (TPSA) is 34.1 Å². The zero-order chi connectivity index (χ0) is 10.7. The van der Waals surface area contributed by atoms with Crippen LogP contribution in [-0.2, 0) is 21.3 Å². The molecule has 0 N–H and O–H groups in total. The van der Waals surface area contributed by atoms with E-state index in [4.69, 9.17) is 0 Å². The lowest BCUT2D eigenvalue weighted by molar-refractivity contribution is -0.117. The first-order valence-corrected chi connectivity index (χ1v) is 6.59. The van der Waals surface area contributed by atoms with Crippen LogP contribution in [0.15, 0.2) is 30.3 Å². The van der Waals surface area contributed by atoms with Crippen LogP contribution < -0.4 is 0 Å². The second-order valence-corrected chi connectivity index (χ2v) is 5.48. The Labute approximate surface area is 92.2 Å². The van der Waals surface area contributed by atoms with Crippen molar-refractivity contribution in [3.8, 4) is 0 Å². The van der Waals surface area contributed by atoms with Gasteiger partial charge in [-0.3, -0.25) is 9.00 Å². The predicted octanol–water partition coefficient (Wildman–Crippen LogP) is 2.06. The molecule has 1 fully saturated rings. The molecule has 2 atom stereocenters. The van der Waals surface area contributed by atoms with Crippen LogP contribution in [0.1, 0.15) is 24.8 Å². The molecule has 1 aromatic carbocycles. The van der Waals surface area contributed by atoms with Crippen LogP contribution >= 0.6 is 0 Å². The molecule has 0 radical (unpaired) electrons. The van der Waals surface area contributed by atoms with Crippen molar-refractivity contribution >= 4 is 16.6 Å². The average molecular weight is 222 g/mol. The van der Waals surface area contributed by atoms with E-state index in [2.05, 4.69) is 0 Å². The number of Topliss-reactive ketones (excluding diaryl/α,β-unsaturated/α-hetero) is 1. The Balaban J connectivity index is 2.01. The smallest absolute Gasteiger partial charge is 0.148 e. The normalized spacial score (nSPS) is 22.9. The summed E-state index contributed by atoms with van der Waals surface area (Å²) in [5.74, 6) is 0.696. The Morgan fingerprint density at radius 1 is 1.27 bits per heavy atom. The minimum atomic E-state index is -1.03. The van der Waals surface area contributed by atoms with Gasteiger partial charge in [0.05, 0.1) is 5.25 Å². The minimum Gasteiger partial charge on any atom is -0.298 e. The number of carbonyl (C=O) groups is 1. The van der Waals surface area contributed by atoms with E-state index in [1.807, 2.05) is 30.3 Å². The molecule has 0 heterocycles. The summed E-state index contributed by atoms with van der Waals surface area (Å²) in [6.07, 6.45) is 2.33. The third-order valence-corrected chi connectivity index (χ3v) is 4.47. The Morgan fingerprint density at radius 3 is 2.60 bits per heavy atom. The highest BCUT2D eigenvalue weighted by atomic mass is 32.2. The van der Waals surface area contributed by atoms with Crippen molar-refractivity contribution in [2.45, 2.75) is 30.3 Å². The summed E-state index contributed by atoms with van der Waals surface area (Å²) in [6, 6.07) is 9.72. The summed E-state index contributed by atoms with van der Waals surface area (Å²) in [5.41, 5.74) is 1.05. The third-order valence-electron chi connectivity index (χ3n) is 2.72. The average Bonchev–Trinajstić information content (AvgIpc) is 2.66. The summed E-state index contributed by atoms with van der Waals surface area (Å²) < 4.78 is 11.9. The molecule has 0 spiro atoms. The van der Waals surface area contributed by atoms with Gasteiger partial charge in [-0.15, -0.1) is 0 Å². The maximum absolute atomic E-state index is 11.9. The van der Waals surface area contributed by atoms with Crippen molar-refractivity contribution in [3.05, 3.63) is 35.9 Å². The maximum Gasteiger partial charge on any atom is 0.148 e. The van der Waals surface area contributed by atoms with E-state index >= 15 is 0 Å². The van der Waals surface area contributed by atoms with Gasteiger partial charge in [0, 0.05) is 23.0 Å². The fourth-order valence-corrected chi connectivity index (χ4v) is 3.46. The van der Waals surface area contributed by atoms with E-state index < -0.39 is 10.8 Å². The molecule has 2 nitrogen and oxygen atoms in total. The summed E-state index contributed by atoms with van der Waals surface area (Å²) in [7, 11) is -1.03. The van der Waals surface area contributed by atoms with Gasteiger partial charge >= 0.3 is 0 Å². The summed E-state index contributed by atoms with van der Waals surface area (Å²) in [5, 5.41) is -0.204. The maximum atomic E-state index is 11.9. The molecule has 1 saturated carbocycles. The minimum absolute atomic E-state index is 0.185. The molecule has 1 aromatic rings. The first-order chi connectivity index (χ1) is 7.27. The number of rotatable bonds is 3. The molecule has 2 rings (SSSR count). The summed E-state index contributed by atoms with van der Waals surface area (Å²) in [6.45, 7) is 0. The van der Waals surface area contributed by atoms with E-state index in [0.717, 1.165) is 18.4 Å². The number of carbonyl (C=O) groups excluding carboxylic acids is 1. The molecule has 1 aliphatic rings. The van der Waals surface area contributed by atoms with Crippen molar-refractivity contribution in [2.24, 2.45) is 0 Å². The first-order valence-electron chi connectivity index (χ1n) is 5.21. The van der Waals surface area contributed by atoms with E-state index in [0.29, 0.717) is 12.2 Å². The van der Waals surface area contributed by atoms with Gasteiger partial charge in [0.15, 0.2) is 0 Å². The Morgan fingerprint density at radius 2 is 2.00 bits per heavy atom. The molecular weight excluding hydrogens is 208 g/mol. The molecule has 15 heavy (non-hydrogen) atoms. The van der Waals surface area contributed by atoms with Gasteiger partial charge in [0.25, 0.3) is 0 Å². The molecule has 0 bridgehead atoms. The highest BCUT2D eigenvalue weighted by molar-refractivity contribution is 7.85. The lowest BCUT2D eigenvalue weighted by atomic mass is 10.2. The number of hydrogen-bond acceptors (Lipinski definition) is 2. The van der Waals surface area contributed by atoms with E-state index in [9.17, 15) is 9.00 Å². The SMILES string of the molecule is O=C1CCCC1S(=O)Cc1ccccc1. The molecule has 0 saturated heterocycles. The quantitative estimate of drug-likeness (QED) is 0.784. The number of ketones is 1. The molecule has 0 amide bonds. The van der Waals surface area contributed by atoms with Crippen molar-refractivity contribution in [3.63, 3.8) is 0 Å². The van der Waals surface area contributed by atoms with Crippen LogP contribution in [0.2, 0.25) is 0 Å². The fourth-order valence-electron chi connectivity index (χ4n) is 1.90. The molecule has 0 aliphatic heterocycles. The standard InChI is InChI=1S/C12H14O2S/c13-11-7-4-8-12(11)15(14)9-10-5-2-1-3-6-10/h1-3,5-6,12H,4,7-9H2. The van der Waals surface area contributed by atoms with E-state index in [-0.39, 0.29) is 11.0 Å². The zero-order valence-electron chi connectivity index (χ0n) is 8.52. The molecule has 2 unspecified atom stereocenters. The summed E-state index contributed by atoms with van der Waals surface area (Å²) >= 11 is 0. The lowest BCUT2D eigenvalue weighted by Crippen LogP contribution is -2.20. The van der Waals surface area contributed by atoms with Crippen LogP contribution in [0.4, 0.5) is 0 Å². The fraction of sp³-hybridized carbons (Fsp3) is 0.417. The van der Waals surface area contributed by atoms with Crippen LogP contribution in [0.5, 0.6) is 0 Å². The van der Waals surface area contributed by atoms with Gasteiger partial charge in [0.2, 0.25) is 0 Å². The van der Waals surface area contributed by atoms with Crippen LogP contribution in [0.3, 0.4) is 0 Å². The molecule has 0 aromatic heterocycles. The van der Waals surface area contributed by atoms with Gasteiger partial charge in [-0.25, -0.2) is 0 Å². The molecule has 1 aliphatic carbocycles. The van der Waals surface area contributed by atoms with Crippen LogP contribution in [-0.4, -0.2) is 15.2 Å². The lowest BCUT2D eigenvalue weighted by Gasteiger charge is -2.07. The number of benzene rings is 1. The molecular formula is C12H14O2S. The van der Waals surface area contributed by atoms with Crippen LogP contribution in [0, 0.1) is 0 Å². The Bertz CT molecular complexity index is 372. The Kier molecular flexibility index (Phi) is 3.31. The monoisotopic (exact) mass is 222 g/mol. The van der Waals surface area contributed by atoms with Crippen molar-refractivity contribution in [2.75, 3.05) is 0 Å². The second kappa shape index (κ2) is 4.71. The largest absolute Gasteiger partial charge is 0.298 e. The zero-order valence-corrected chi connectivity index (χ0v) is 9.33. The first kappa shape index (κ1) is 10.6. The van der Waals surface area contributed by atoms with Crippen molar-refractivity contribution in [1.82, 2.24) is 0 Å². The van der Waals surface area contributed by atoms with Crippen LogP contribution in [0.25, 0.3) is 0 Å². The Hall–Kier alpha value is -0.960. The van der Waals surface area contributed by atoms with E-state index in [1.54, 1.807) is 0 Å². The second-order valence-electron chi connectivity index (χ2n) is 3.86. The molecule has 3 heteroatoms. The highest BCUT2D eigenvalue weighted by Gasteiger charge is 2.29. The van der Waals surface area contributed by atoms with Gasteiger partial charge in [-0.1, -0.05) is 30.3 Å². The van der Waals surface area contributed by atoms with Gasteiger partial charge < -0.3 is 0 Å². The van der Waals surface area contributed by atoms with E-state index in [1.165, 1.54) is 0 Å². The van der Waals surface area contributed by atoms with Crippen molar-refractivity contribution < 1.29 is 9.00 Å². The number of hydrogen-bond donors (Lipinski definition) is 0. The third kappa shape index (κ3) is 2.53. The van der Waals surface area contributed by atoms with Crippen molar-refractivity contribution in [1.29, 1.82) is 0 Å². The molecule has 80 valence electrons.